The van der Waals surface area contributed by atoms with E-state index >= 15 is 0 Å². The molecule has 0 spiro atoms. The van der Waals surface area contributed by atoms with Crippen molar-refractivity contribution in [2.45, 2.75) is 31.6 Å². The second kappa shape index (κ2) is 3.34. The third-order valence-electron chi connectivity index (χ3n) is 4.37. The van der Waals surface area contributed by atoms with E-state index in [-0.39, 0.29) is 11.5 Å². The summed E-state index contributed by atoms with van der Waals surface area (Å²) in [6.07, 6.45) is 5.23. The summed E-state index contributed by atoms with van der Waals surface area (Å²) < 4.78 is 0. The number of hydrogen-bond acceptors (Lipinski definition) is 4. The molecule has 2 aromatic rings. The molecule has 0 radical (unpaired) electrons. The van der Waals surface area contributed by atoms with Gasteiger partial charge in [0.15, 0.2) is 11.2 Å². The molecule has 18 heavy (non-hydrogen) atoms. The number of imidazole rings is 1. The number of anilines is 1. The van der Waals surface area contributed by atoms with Crippen LogP contribution in [0.3, 0.4) is 0 Å². The highest BCUT2D eigenvalue weighted by molar-refractivity contribution is 5.70. The molecule has 2 aliphatic rings. The Hall–Kier alpha value is -1.85. The van der Waals surface area contributed by atoms with Gasteiger partial charge in [0.1, 0.15) is 5.82 Å². The zero-order chi connectivity index (χ0) is 12.3. The van der Waals surface area contributed by atoms with E-state index < -0.39 is 0 Å². The van der Waals surface area contributed by atoms with Gasteiger partial charge in [-0.05, 0) is 24.7 Å². The first-order valence-corrected chi connectivity index (χ1v) is 6.49. The van der Waals surface area contributed by atoms with Crippen molar-refractivity contribution < 1.29 is 0 Å². The van der Waals surface area contributed by atoms with E-state index in [1.807, 2.05) is 0 Å². The van der Waals surface area contributed by atoms with Gasteiger partial charge in [-0.3, -0.25) is 9.78 Å². The van der Waals surface area contributed by atoms with E-state index in [1.165, 1.54) is 25.7 Å². The maximum atomic E-state index is 11.7. The lowest BCUT2D eigenvalue weighted by Crippen LogP contribution is -2.10. The highest BCUT2D eigenvalue weighted by Gasteiger charge is 2.52. The topological polar surface area (TPSA) is 100 Å². The first-order chi connectivity index (χ1) is 8.74. The average Bonchev–Trinajstić information content (AvgIpc) is 2.92. The molecule has 4 N–H and O–H groups in total. The van der Waals surface area contributed by atoms with Crippen LogP contribution < -0.4 is 11.3 Å². The van der Waals surface area contributed by atoms with Crippen LogP contribution in [0.15, 0.2) is 4.79 Å². The third kappa shape index (κ3) is 1.31. The first-order valence-electron chi connectivity index (χ1n) is 6.49. The van der Waals surface area contributed by atoms with Gasteiger partial charge < -0.3 is 10.7 Å². The van der Waals surface area contributed by atoms with Crippen molar-refractivity contribution >= 4 is 17.1 Å². The van der Waals surface area contributed by atoms with Crippen molar-refractivity contribution in [3.05, 3.63) is 16.2 Å². The largest absolute Gasteiger partial charge is 0.369 e. The summed E-state index contributed by atoms with van der Waals surface area (Å²) in [5.74, 6) is 3.07. The van der Waals surface area contributed by atoms with E-state index in [1.54, 1.807) is 0 Å². The smallest absolute Gasteiger partial charge is 0.278 e. The maximum absolute atomic E-state index is 11.7. The number of H-pyrrole nitrogens is 2. The number of rotatable bonds is 1. The van der Waals surface area contributed by atoms with Crippen LogP contribution in [0.2, 0.25) is 0 Å². The maximum Gasteiger partial charge on any atom is 0.278 e. The number of hydrogen-bond donors (Lipinski definition) is 3. The summed E-state index contributed by atoms with van der Waals surface area (Å²) in [5.41, 5.74) is 6.17. The monoisotopic (exact) mass is 245 g/mol. The molecule has 0 aliphatic heterocycles. The second-order valence-electron chi connectivity index (χ2n) is 5.41. The standard InChI is InChI=1S/C12H15N5O/c13-12-16-10-8(11(18)17-12)14-9(15-10)7-5-3-1-2-4-6(5)7/h5-7H,1-4H2,(H4,13,14,15,16,17,18). The van der Waals surface area contributed by atoms with Crippen LogP contribution in [0.25, 0.3) is 11.2 Å². The zero-order valence-electron chi connectivity index (χ0n) is 9.94. The van der Waals surface area contributed by atoms with Gasteiger partial charge >= 0.3 is 0 Å². The number of nitrogens with zero attached hydrogens (tertiary/aromatic N) is 2. The van der Waals surface area contributed by atoms with Gasteiger partial charge in [0, 0.05) is 5.92 Å². The van der Waals surface area contributed by atoms with Crippen LogP contribution in [0.4, 0.5) is 5.95 Å². The number of nitrogen functional groups attached to an aromatic ring is 1. The summed E-state index contributed by atoms with van der Waals surface area (Å²) in [5, 5.41) is 0. The Morgan fingerprint density at radius 3 is 2.56 bits per heavy atom. The fourth-order valence-electron chi connectivity index (χ4n) is 3.50. The molecule has 2 fully saturated rings. The van der Waals surface area contributed by atoms with Crippen LogP contribution in [-0.4, -0.2) is 19.9 Å². The predicted molar refractivity (Wildman–Crippen MR) is 67.1 cm³/mol. The summed E-state index contributed by atoms with van der Waals surface area (Å²) in [6, 6.07) is 0. The molecule has 0 saturated heterocycles. The zero-order valence-corrected chi connectivity index (χ0v) is 9.94. The van der Waals surface area contributed by atoms with Crippen molar-refractivity contribution in [3.8, 4) is 0 Å². The highest BCUT2D eigenvalue weighted by Crippen LogP contribution is 2.60. The van der Waals surface area contributed by atoms with Gasteiger partial charge in [0.05, 0.1) is 0 Å². The molecular formula is C12H15N5O. The van der Waals surface area contributed by atoms with Gasteiger partial charge in [0.2, 0.25) is 5.95 Å². The lowest BCUT2D eigenvalue weighted by Gasteiger charge is -2.04. The number of nitrogens with two attached hydrogens (primary N) is 1. The molecule has 2 unspecified atom stereocenters. The van der Waals surface area contributed by atoms with E-state index in [2.05, 4.69) is 19.9 Å². The second-order valence-corrected chi connectivity index (χ2v) is 5.41. The fraction of sp³-hybridized carbons (Fsp3) is 0.583. The Labute approximate surface area is 103 Å². The fourth-order valence-corrected chi connectivity index (χ4v) is 3.50. The number of aromatic nitrogens is 4. The molecular weight excluding hydrogens is 230 g/mol. The van der Waals surface area contributed by atoms with Crippen LogP contribution in [0.5, 0.6) is 0 Å². The Bertz CT molecular complexity index is 661. The molecule has 94 valence electrons. The molecule has 2 aliphatic carbocycles. The summed E-state index contributed by atoms with van der Waals surface area (Å²) in [7, 11) is 0. The molecule has 4 rings (SSSR count). The number of aromatic amines is 2. The van der Waals surface area contributed by atoms with Gasteiger partial charge in [-0.25, -0.2) is 4.98 Å². The van der Waals surface area contributed by atoms with Crippen molar-refractivity contribution in [1.29, 1.82) is 0 Å². The van der Waals surface area contributed by atoms with Crippen molar-refractivity contribution in [2.75, 3.05) is 5.73 Å². The van der Waals surface area contributed by atoms with Crippen molar-refractivity contribution in [2.24, 2.45) is 11.8 Å². The van der Waals surface area contributed by atoms with Crippen LogP contribution >= 0.6 is 0 Å². The van der Waals surface area contributed by atoms with Gasteiger partial charge in [0.25, 0.3) is 5.56 Å². The Morgan fingerprint density at radius 2 is 1.83 bits per heavy atom. The van der Waals surface area contributed by atoms with E-state index in [4.69, 9.17) is 5.73 Å². The minimum absolute atomic E-state index is 0.124. The number of nitrogens with one attached hydrogen (secondary N) is 2. The third-order valence-corrected chi connectivity index (χ3v) is 4.37. The SMILES string of the molecule is Nc1nc2nc(C3C4CCCCC43)[nH]c2c(=O)[nH]1. The summed E-state index contributed by atoms with van der Waals surface area (Å²) in [4.78, 5) is 25.9. The van der Waals surface area contributed by atoms with E-state index in [0.29, 0.717) is 17.1 Å². The highest BCUT2D eigenvalue weighted by atomic mass is 16.1. The molecule has 2 atom stereocenters. The van der Waals surface area contributed by atoms with Crippen LogP contribution in [-0.2, 0) is 0 Å². The van der Waals surface area contributed by atoms with Crippen LogP contribution in [0.1, 0.15) is 37.4 Å². The normalized spacial score (nSPS) is 30.3. The summed E-state index contributed by atoms with van der Waals surface area (Å²) >= 11 is 0. The molecule has 0 bridgehead atoms. The first kappa shape index (κ1) is 10.1. The van der Waals surface area contributed by atoms with Crippen molar-refractivity contribution in [3.63, 3.8) is 0 Å². The van der Waals surface area contributed by atoms with Gasteiger partial charge in [-0.15, -0.1) is 0 Å². The molecule has 2 heterocycles. The molecule has 0 aromatic carbocycles. The van der Waals surface area contributed by atoms with Crippen LogP contribution in [0, 0.1) is 11.8 Å². The molecule has 2 saturated carbocycles. The van der Waals surface area contributed by atoms with Gasteiger partial charge in [-0.2, -0.15) is 4.98 Å². The lowest BCUT2D eigenvalue weighted by molar-refractivity contribution is 0.480. The van der Waals surface area contributed by atoms with Gasteiger partial charge in [-0.1, -0.05) is 12.8 Å². The molecule has 2 aromatic heterocycles. The molecule has 0 amide bonds. The molecule has 6 nitrogen and oxygen atoms in total. The Morgan fingerprint density at radius 1 is 1.11 bits per heavy atom. The van der Waals surface area contributed by atoms with E-state index in [0.717, 1.165) is 17.7 Å². The molecule has 6 heteroatoms. The Kier molecular flexibility index (Phi) is 1.87. The quantitative estimate of drug-likeness (QED) is 0.701. The predicted octanol–water partition coefficient (Wildman–Crippen LogP) is 1.13. The minimum atomic E-state index is -0.236. The number of fused-ring (bicyclic) bond motifs is 2. The lowest BCUT2D eigenvalue weighted by atomic mass is 10.0. The van der Waals surface area contributed by atoms with E-state index in [9.17, 15) is 4.79 Å². The Balaban J connectivity index is 1.78. The van der Waals surface area contributed by atoms with Crippen molar-refractivity contribution in [1.82, 2.24) is 19.9 Å². The average molecular weight is 245 g/mol. The minimum Gasteiger partial charge on any atom is -0.369 e. The summed E-state index contributed by atoms with van der Waals surface area (Å²) in [6.45, 7) is 0.